The zero-order valence-electron chi connectivity index (χ0n) is 32.0. The molecule has 1 atom stereocenters. The molecule has 11 nitrogen and oxygen atoms in total. The quantitative estimate of drug-likeness (QED) is 0.167. The van der Waals surface area contributed by atoms with Gasteiger partial charge in [0, 0.05) is 67.1 Å². The number of alkyl halides is 3. The molecule has 4 aliphatic rings. The Morgan fingerprint density at radius 1 is 0.831 bits per heavy atom. The van der Waals surface area contributed by atoms with E-state index in [9.17, 15) is 23.1 Å². The van der Waals surface area contributed by atoms with Gasteiger partial charge in [-0.15, -0.1) is 25.6 Å². The summed E-state index contributed by atoms with van der Waals surface area (Å²) in [6, 6.07) is 24.6. The number of aromatic nitrogens is 1. The number of aromatic hydroxyl groups is 1. The highest BCUT2D eigenvalue weighted by Crippen LogP contribution is 2.43. The minimum atomic E-state index is -4.88. The van der Waals surface area contributed by atoms with Crippen LogP contribution in [-0.4, -0.2) is 83.3 Å². The molecule has 0 saturated carbocycles. The van der Waals surface area contributed by atoms with E-state index in [1.54, 1.807) is 18.2 Å². The standard InChI is InChI=1S/C44H41F3N4O7.ClH/c45-44(46,47)58-34-14-10-31(11-15-34)51(30-8-12-33(52)13-9-30)43(54)37-22-39(49-16-4-3-7-38(37)49)35-23-40-41(57-27-56-40)24-36(35)42(53)50-25-29-6-2-1-5-28(29)21-32(50)26-48-17-19-55-20-18-48;/h1-2,5-6,8-15,22-24,32,52H,3-4,7,16-21,25-27H2;1H/t32-;/m0./s1. The summed E-state index contributed by atoms with van der Waals surface area (Å²) in [5.74, 6) is -0.0784. The third-order valence-corrected chi connectivity index (χ3v) is 11.3. The second-order valence-corrected chi connectivity index (χ2v) is 14.9. The Bertz CT molecular complexity index is 2350. The molecule has 9 rings (SSSR count). The van der Waals surface area contributed by atoms with Gasteiger partial charge >= 0.3 is 6.36 Å². The number of halogens is 4. The van der Waals surface area contributed by atoms with Gasteiger partial charge in [-0.25, -0.2) is 0 Å². The van der Waals surface area contributed by atoms with Crippen molar-refractivity contribution in [2.45, 2.75) is 51.2 Å². The number of hydrogen-bond acceptors (Lipinski definition) is 8. The molecule has 2 amide bonds. The van der Waals surface area contributed by atoms with Gasteiger partial charge in [0.2, 0.25) is 6.79 Å². The Hall–Kier alpha value is -5.70. The van der Waals surface area contributed by atoms with E-state index in [0.717, 1.165) is 49.3 Å². The number of phenols is 1. The lowest BCUT2D eigenvalue weighted by atomic mass is 9.92. The second-order valence-electron chi connectivity index (χ2n) is 14.9. The lowest BCUT2D eigenvalue weighted by Crippen LogP contribution is -2.52. The van der Waals surface area contributed by atoms with Crippen LogP contribution in [0.3, 0.4) is 0 Å². The van der Waals surface area contributed by atoms with Crippen molar-refractivity contribution < 1.29 is 46.8 Å². The predicted molar refractivity (Wildman–Crippen MR) is 215 cm³/mol. The van der Waals surface area contributed by atoms with E-state index in [4.69, 9.17) is 14.2 Å². The van der Waals surface area contributed by atoms with Crippen molar-refractivity contribution >= 4 is 35.6 Å². The molecule has 1 saturated heterocycles. The number of rotatable bonds is 8. The van der Waals surface area contributed by atoms with Crippen LogP contribution in [-0.2, 0) is 30.7 Å². The van der Waals surface area contributed by atoms with Crippen molar-refractivity contribution in [3.05, 3.63) is 119 Å². The number of fused-ring (bicyclic) bond motifs is 3. The minimum Gasteiger partial charge on any atom is -0.508 e. The SMILES string of the molecule is Cl.O=C(c1cc(-c2cc3c(cc2C(=O)N2Cc4ccccc4C[C@H]2CN2CCOCC2)OCO3)n2c1CCCC2)N(c1ccc(O)cc1)c1ccc(OC(F)(F)F)cc1. The molecule has 4 aliphatic heterocycles. The highest BCUT2D eigenvalue weighted by atomic mass is 35.5. The monoisotopic (exact) mass is 830 g/mol. The first-order valence-corrected chi connectivity index (χ1v) is 19.4. The molecule has 0 aliphatic carbocycles. The summed E-state index contributed by atoms with van der Waals surface area (Å²) in [5.41, 5.74) is 5.85. The zero-order chi connectivity index (χ0) is 40.0. The smallest absolute Gasteiger partial charge is 0.508 e. The van der Waals surface area contributed by atoms with Crippen LogP contribution in [0.1, 0.15) is 50.4 Å². The lowest BCUT2D eigenvalue weighted by Gasteiger charge is -2.40. The Labute approximate surface area is 344 Å². The van der Waals surface area contributed by atoms with Gasteiger partial charge in [-0.05, 0) is 104 Å². The summed E-state index contributed by atoms with van der Waals surface area (Å²) in [5, 5.41) is 10.1. The topological polar surface area (TPSA) is 106 Å². The number of carbonyl (C=O) groups excluding carboxylic acids is 2. The number of benzene rings is 4. The molecule has 1 fully saturated rings. The molecular formula is C44H42ClF3N4O7. The fourth-order valence-corrected chi connectivity index (χ4v) is 8.54. The first kappa shape index (κ1) is 40.1. The van der Waals surface area contributed by atoms with Crippen LogP contribution in [0.4, 0.5) is 24.5 Å². The van der Waals surface area contributed by atoms with Crippen molar-refractivity contribution in [2.75, 3.05) is 44.5 Å². The third-order valence-electron chi connectivity index (χ3n) is 11.3. The fraction of sp³-hybridized carbons (Fsp3) is 0.318. The minimum absolute atomic E-state index is 0. The van der Waals surface area contributed by atoms with Gasteiger partial charge in [-0.1, -0.05) is 24.3 Å². The maximum absolute atomic E-state index is 15.2. The van der Waals surface area contributed by atoms with E-state index in [1.165, 1.54) is 34.7 Å². The number of ether oxygens (including phenoxy) is 4. The maximum atomic E-state index is 15.2. The average molecular weight is 831 g/mol. The van der Waals surface area contributed by atoms with Crippen LogP contribution < -0.4 is 19.1 Å². The maximum Gasteiger partial charge on any atom is 0.573 e. The Kier molecular flexibility index (Phi) is 11.2. The Balaban J connectivity index is 0.00000484. The van der Waals surface area contributed by atoms with E-state index >= 15 is 4.79 Å². The number of morpholine rings is 1. The molecule has 1 aromatic heterocycles. The van der Waals surface area contributed by atoms with Crippen molar-refractivity contribution in [3.63, 3.8) is 0 Å². The zero-order valence-corrected chi connectivity index (χ0v) is 32.8. The summed E-state index contributed by atoms with van der Waals surface area (Å²) >= 11 is 0. The van der Waals surface area contributed by atoms with E-state index in [1.807, 2.05) is 29.2 Å². The van der Waals surface area contributed by atoms with Crippen molar-refractivity contribution in [1.29, 1.82) is 0 Å². The van der Waals surface area contributed by atoms with Crippen molar-refractivity contribution in [3.8, 4) is 34.3 Å². The first-order valence-electron chi connectivity index (χ1n) is 19.4. The van der Waals surface area contributed by atoms with E-state index in [2.05, 4.69) is 26.3 Å². The van der Waals surface area contributed by atoms with E-state index in [-0.39, 0.29) is 42.6 Å². The molecule has 5 aromatic rings. The average Bonchev–Trinajstić information content (AvgIpc) is 3.86. The van der Waals surface area contributed by atoms with Gasteiger partial charge in [-0.2, -0.15) is 0 Å². The Morgan fingerprint density at radius 3 is 2.22 bits per heavy atom. The third kappa shape index (κ3) is 8.17. The molecule has 1 N–H and O–H groups in total. The van der Waals surface area contributed by atoms with Crippen LogP contribution in [0.25, 0.3) is 11.3 Å². The van der Waals surface area contributed by atoms with Gasteiger partial charge in [0.25, 0.3) is 11.8 Å². The largest absolute Gasteiger partial charge is 0.573 e. The molecule has 15 heteroatoms. The second kappa shape index (κ2) is 16.5. The van der Waals surface area contributed by atoms with E-state index in [0.29, 0.717) is 85.3 Å². The van der Waals surface area contributed by atoms with Crippen LogP contribution in [0.2, 0.25) is 0 Å². The van der Waals surface area contributed by atoms with Crippen LogP contribution in [0.15, 0.2) is 91.0 Å². The van der Waals surface area contributed by atoms with Crippen molar-refractivity contribution in [2.24, 2.45) is 0 Å². The van der Waals surface area contributed by atoms with Gasteiger partial charge in [-0.3, -0.25) is 19.4 Å². The molecule has 0 radical (unpaired) electrons. The normalized spacial score (nSPS) is 17.4. The van der Waals surface area contributed by atoms with Crippen molar-refractivity contribution in [1.82, 2.24) is 14.4 Å². The molecule has 59 heavy (non-hydrogen) atoms. The number of phenolic OH excluding ortho intramolecular Hbond substituents is 1. The van der Waals surface area contributed by atoms with Gasteiger partial charge in [0.15, 0.2) is 11.5 Å². The highest BCUT2D eigenvalue weighted by molar-refractivity contribution is 6.13. The van der Waals surface area contributed by atoms with Crippen LogP contribution in [0, 0.1) is 0 Å². The molecule has 5 heterocycles. The summed E-state index contributed by atoms with van der Waals surface area (Å²) < 4.78 is 62.6. The molecule has 0 bridgehead atoms. The Morgan fingerprint density at radius 2 is 1.51 bits per heavy atom. The fourth-order valence-electron chi connectivity index (χ4n) is 8.54. The molecule has 0 spiro atoms. The molecular weight excluding hydrogens is 789 g/mol. The summed E-state index contributed by atoms with van der Waals surface area (Å²) in [7, 11) is 0. The number of carbonyl (C=O) groups is 2. The van der Waals surface area contributed by atoms with Crippen LogP contribution in [0.5, 0.6) is 23.0 Å². The van der Waals surface area contributed by atoms with E-state index < -0.39 is 18.0 Å². The number of nitrogens with zero attached hydrogens (tertiary/aromatic N) is 4. The summed E-state index contributed by atoms with van der Waals surface area (Å²) in [6.45, 7) is 4.59. The number of amides is 2. The van der Waals surface area contributed by atoms with Gasteiger partial charge in [0.05, 0.1) is 24.3 Å². The lowest BCUT2D eigenvalue weighted by molar-refractivity contribution is -0.274. The molecule has 0 unspecified atom stereocenters. The van der Waals surface area contributed by atoms with Gasteiger partial charge in [0.1, 0.15) is 11.5 Å². The number of anilines is 2. The summed E-state index contributed by atoms with van der Waals surface area (Å²) in [4.78, 5) is 35.9. The van der Waals surface area contributed by atoms with Gasteiger partial charge < -0.3 is 33.5 Å². The van der Waals surface area contributed by atoms with Crippen LogP contribution >= 0.6 is 12.4 Å². The first-order chi connectivity index (χ1) is 28.1. The predicted octanol–water partition coefficient (Wildman–Crippen LogP) is 8.12. The summed E-state index contributed by atoms with van der Waals surface area (Å²) in [6.07, 6.45) is -1.91. The molecule has 308 valence electrons. The highest BCUT2D eigenvalue weighted by Gasteiger charge is 2.37. The number of hydrogen-bond donors (Lipinski definition) is 1. The molecule has 4 aromatic carbocycles.